The first-order chi connectivity index (χ1) is 11.8. The third-order valence-corrected chi connectivity index (χ3v) is 4.73. The van der Waals surface area contributed by atoms with Gasteiger partial charge in [0, 0.05) is 41.9 Å². The minimum Gasteiger partial charge on any atom is -0.399 e. The maximum Gasteiger partial charge on any atom is 0.161 e. The quantitative estimate of drug-likeness (QED) is 0.609. The lowest BCUT2D eigenvalue weighted by Crippen LogP contribution is -2.37. The molecular weight excluding hydrogens is 324 g/mol. The lowest BCUT2D eigenvalue weighted by molar-refractivity contribution is 0.122. The number of anilines is 2. The van der Waals surface area contributed by atoms with Crippen molar-refractivity contribution < 1.29 is 9.84 Å². The number of thioether (sulfide) groups is 1. The maximum atomic E-state index is 8.97. The van der Waals surface area contributed by atoms with Gasteiger partial charge < -0.3 is 20.5 Å². The van der Waals surface area contributed by atoms with Crippen LogP contribution in [0.2, 0.25) is 0 Å². The van der Waals surface area contributed by atoms with Gasteiger partial charge in [-0.1, -0.05) is 0 Å². The Morgan fingerprint density at radius 1 is 1.17 bits per heavy atom. The van der Waals surface area contributed by atoms with E-state index in [-0.39, 0.29) is 6.61 Å². The highest BCUT2D eigenvalue weighted by molar-refractivity contribution is 7.98. The van der Waals surface area contributed by atoms with Crippen LogP contribution in [0.5, 0.6) is 0 Å². The molecule has 3 rings (SSSR count). The Labute approximate surface area is 146 Å². The molecule has 24 heavy (non-hydrogen) atoms. The zero-order valence-corrected chi connectivity index (χ0v) is 14.3. The van der Waals surface area contributed by atoms with Crippen molar-refractivity contribution >= 4 is 23.3 Å². The first kappa shape index (κ1) is 17.0. The number of aromatic nitrogens is 2. The first-order valence-electron chi connectivity index (χ1n) is 8.01. The van der Waals surface area contributed by atoms with Crippen molar-refractivity contribution in [1.29, 1.82) is 0 Å². The standard InChI is InChI=1S/C17H22N4O2S/c18-14-3-1-13(2-4-14)17-19-15(12-24-10-7-22)11-16(20-17)21-5-8-23-9-6-21/h1-4,11,22H,5-10,12,18H2. The van der Waals surface area contributed by atoms with E-state index >= 15 is 0 Å². The minimum atomic E-state index is 0.177. The fraction of sp³-hybridized carbons (Fsp3) is 0.412. The monoisotopic (exact) mass is 346 g/mol. The van der Waals surface area contributed by atoms with Crippen LogP contribution in [0.4, 0.5) is 11.5 Å². The van der Waals surface area contributed by atoms with E-state index in [0.717, 1.165) is 54.8 Å². The van der Waals surface area contributed by atoms with Crippen LogP contribution in [-0.4, -0.2) is 53.7 Å². The van der Waals surface area contributed by atoms with E-state index in [1.165, 1.54) is 0 Å². The minimum absolute atomic E-state index is 0.177. The number of hydrogen-bond donors (Lipinski definition) is 2. The molecule has 2 heterocycles. The molecular formula is C17H22N4O2S. The summed E-state index contributed by atoms with van der Waals surface area (Å²) in [6, 6.07) is 9.65. The number of nitrogen functional groups attached to an aromatic ring is 1. The van der Waals surface area contributed by atoms with Crippen LogP contribution in [-0.2, 0) is 10.5 Å². The summed E-state index contributed by atoms with van der Waals surface area (Å²) in [6.07, 6.45) is 0. The van der Waals surface area contributed by atoms with Gasteiger partial charge in [-0.15, -0.1) is 0 Å². The van der Waals surface area contributed by atoms with Crippen LogP contribution in [0.1, 0.15) is 5.69 Å². The summed E-state index contributed by atoms with van der Waals surface area (Å²) >= 11 is 1.66. The second-order valence-electron chi connectivity index (χ2n) is 5.54. The predicted molar refractivity (Wildman–Crippen MR) is 98.2 cm³/mol. The third-order valence-electron chi connectivity index (χ3n) is 3.76. The van der Waals surface area contributed by atoms with E-state index in [0.29, 0.717) is 11.6 Å². The number of benzene rings is 1. The van der Waals surface area contributed by atoms with Gasteiger partial charge >= 0.3 is 0 Å². The van der Waals surface area contributed by atoms with Crippen molar-refractivity contribution in [1.82, 2.24) is 9.97 Å². The molecule has 7 heteroatoms. The summed E-state index contributed by atoms with van der Waals surface area (Å²) in [5, 5.41) is 8.97. The molecule has 1 aliphatic heterocycles. The van der Waals surface area contributed by atoms with Gasteiger partial charge in [0.05, 0.1) is 25.5 Å². The number of rotatable bonds is 6. The number of nitrogens with zero attached hydrogens (tertiary/aromatic N) is 3. The summed E-state index contributed by atoms with van der Waals surface area (Å²) in [5.41, 5.74) is 8.42. The van der Waals surface area contributed by atoms with Crippen molar-refractivity contribution in [3.63, 3.8) is 0 Å². The number of aliphatic hydroxyl groups is 1. The molecule has 128 valence electrons. The smallest absolute Gasteiger partial charge is 0.161 e. The molecule has 3 N–H and O–H groups in total. The zero-order chi connectivity index (χ0) is 16.8. The molecule has 2 aromatic rings. The lowest BCUT2D eigenvalue weighted by atomic mass is 10.2. The van der Waals surface area contributed by atoms with Gasteiger partial charge in [0.1, 0.15) is 5.82 Å². The van der Waals surface area contributed by atoms with Crippen molar-refractivity contribution in [2.24, 2.45) is 0 Å². The third kappa shape index (κ3) is 4.37. The Balaban J connectivity index is 1.90. The van der Waals surface area contributed by atoms with Crippen molar-refractivity contribution in [2.45, 2.75) is 5.75 Å². The molecule has 0 bridgehead atoms. The highest BCUT2D eigenvalue weighted by atomic mass is 32.2. The molecule has 1 saturated heterocycles. The van der Waals surface area contributed by atoms with Gasteiger partial charge in [-0.05, 0) is 24.3 Å². The van der Waals surface area contributed by atoms with Crippen LogP contribution in [0.15, 0.2) is 30.3 Å². The molecule has 0 amide bonds. The molecule has 0 radical (unpaired) electrons. The Morgan fingerprint density at radius 2 is 1.92 bits per heavy atom. The fourth-order valence-corrected chi connectivity index (χ4v) is 3.14. The second kappa shape index (κ2) is 8.32. The Bertz CT molecular complexity index is 660. The molecule has 0 saturated carbocycles. The number of aliphatic hydroxyl groups excluding tert-OH is 1. The number of nitrogens with two attached hydrogens (primary N) is 1. The summed E-state index contributed by atoms with van der Waals surface area (Å²) < 4.78 is 5.43. The second-order valence-corrected chi connectivity index (χ2v) is 6.64. The maximum absolute atomic E-state index is 8.97. The van der Waals surface area contributed by atoms with Gasteiger partial charge in [0.15, 0.2) is 5.82 Å². The van der Waals surface area contributed by atoms with Crippen molar-refractivity contribution in [2.75, 3.05) is 49.3 Å². The summed E-state index contributed by atoms with van der Waals surface area (Å²) in [4.78, 5) is 11.7. The largest absolute Gasteiger partial charge is 0.399 e. The molecule has 0 atom stereocenters. The van der Waals surface area contributed by atoms with Crippen LogP contribution in [0.25, 0.3) is 11.4 Å². The summed E-state index contributed by atoms with van der Waals surface area (Å²) in [5.74, 6) is 3.09. The molecule has 0 unspecified atom stereocenters. The van der Waals surface area contributed by atoms with Gasteiger partial charge in [-0.2, -0.15) is 11.8 Å². The predicted octanol–water partition coefficient (Wildman–Crippen LogP) is 1.79. The van der Waals surface area contributed by atoms with Gasteiger partial charge in [0.25, 0.3) is 0 Å². The van der Waals surface area contributed by atoms with E-state index in [4.69, 9.17) is 20.6 Å². The average molecular weight is 346 g/mol. The SMILES string of the molecule is Nc1ccc(-c2nc(CSCCO)cc(N3CCOCC3)n2)cc1. The van der Waals surface area contributed by atoms with Crippen LogP contribution in [0, 0.1) is 0 Å². The van der Waals surface area contributed by atoms with Crippen molar-refractivity contribution in [3.05, 3.63) is 36.0 Å². The number of ether oxygens (including phenoxy) is 1. The van der Waals surface area contributed by atoms with E-state index in [9.17, 15) is 0 Å². The highest BCUT2D eigenvalue weighted by Gasteiger charge is 2.15. The van der Waals surface area contributed by atoms with Gasteiger partial charge in [0.2, 0.25) is 0 Å². The van der Waals surface area contributed by atoms with E-state index in [1.807, 2.05) is 30.3 Å². The molecule has 1 fully saturated rings. The average Bonchev–Trinajstić information content (AvgIpc) is 2.63. The van der Waals surface area contributed by atoms with Crippen LogP contribution >= 0.6 is 11.8 Å². The summed E-state index contributed by atoms with van der Waals surface area (Å²) in [7, 11) is 0. The topological polar surface area (TPSA) is 84.5 Å². The molecule has 1 aliphatic rings. The summed E-state index contributed by atoms with van der Waals surface area (Å²) in [6.45, 7) is 3.28. The molecule has 6 nitrogen and oxygen atoms in total. The molecule has 0 aliphatic carbocycles. The number of morpholine rings is 1. The van der Waals surface area contributed by atoms with Crippen LogP contribution < -0.4 is 10.6 Å². The molecule has 1 aromatic heterocycles. The lowest BCUT2D eigenvalue weighted by Gasteiger charge is -2.28. The zero-order valence-electron chi connectivity index (χ0n) is 13.5. The van der Waals surface area contributed by atoms with Crippen LogP contribution in [0.3, 0.4) is 0 Å². The Hall–Kier alpha value is -1.83. The highest BCUT2D eigenvalue weighted by Crippen LogP contribution is 2.23. The van der Waals surface area contributed by atoms with E-state index in [1.54, 1.807) is 11.8 Å². The van der Waals surface area contributed by atoms with Gasteiger partial charge in [-0.25, -0.2) is 9.97 Å². The van der Waals surface area contributed by atoms with Gasteiger partial charge in [-0.3, -0.25) is 0 Å². The number of hydrogen-bond acceptors (Lipinski definition) is 7. The Morgan fingerprint density at radius 3 is 2.62 bits per heavy atom. The first-order valence-corrected chi connectivity index (χ1v) is 9.17. The van der Waals surface area contributed by atoms with E-state index < -0.39 is 0 Å². The molecule has 1 aromatic carbocycles. The fourth-order valence-electron chi connectivity index (χ4n) is 2.51. The van der Waals surface area contributed by atoms with Crippen molar-refractivity contribution in [3.8, 4) is 11.4 Å². The molecule has 0 spiro atoms. The normalized spacial score (nSPS) is 14.8. The van der Waals surface area contributed by atoms with E-state index in [2.05, 4.69) is 9.88 Å². The Kier molecular flexibility index (Phi) is 5.90.